The third-order valence-electron chi connectivity index (χ3n) is 5.16. The van der Waals surface area contributed by atoms with Crippen LogP contribution in [0.3, 0.4) is 0 Å². The Bertz CT molecular complexity index is 1240. The summed E-state index contributed by atoms with van der Waals surface area (Å²) in [5.41, 5.74) is 3.73. The van der Waals surface area contributed by atoms with E-state index in [1.807, 2.05) is 37.3 Å². The highest BCUT2D eigenvalue weighted by Crippen LogP contribution is 2.32. The first kappa shape index (κ1) is 20.8. The van der Waals surface area contributed by atoms with Crippen LogP contribution < -0.4 is 10.1 Å². The highest BCUT2D eigenvalue weighted by Gasteiger charge is 2.26. The first-order valence-electron chi connectivity index (χ1n) is 9.64. The molecule has 0 saturated heterocycles. The van der Waals surface area contributed by atoms with Gasteiger partial charge in [-0.05, 0) is 36.8 Å². The molecule has 0 aliphatic carbocycles. The molecule has 31 heavy (non-hydrogen) atoms. The fourth-order valence-corrected chi connectivity index (χ4v) is 3.74. The number of pyridine rings is 2. The predicted molar refractivity (Wildman–Crippen MR) is 119 cm³/mol. The lowest BCUT2D eigenvalue weighted by molar-refractivity contribution is -0.124. The Hall–Kier alpha value is -3.42. The minimum absolute atomic E-state index is 0.368. The molecule has 1 unspecified atom stereocenters. The average Bonchev–Trinajstić information content (AvgIpc) is 3.06. The van der Waals surface area contributed by atoms with Crippen molar-refractivity contribution < 1.29 is 14.6 Å². The van der Waals surface area contributed by atoms with Crippen molar-refractivity contribution >= 4 is 34.1 Å². The smallest absolute Gasteiger partial charge is 0.257 e. The maximum absolute atomic E-state index is 12.8. The number of aromatic nitrogens is 3. The van der Waals surface area contributed by atoms with Gasteiger partial charge < -0.3 is 19.7 Å². The number of rotatable bonds is 6. The molecule has 8 heteroatoms. The van der Waals surface area contributed by atoms with Crippen LogP contribution in [0.4, 0.5) is 5.69 Å². The van der Waals surface area contributed by atoms with Crippen LogP contribution in [-0.2, 0) is 11.3 Å². The number of anilines is 1. The van der Waals surface area contributed by atoms with E-state index < -0.39 is 12.0 Å². The summed E-state index contributed by atoms with van der Waals surface area (Å²) in [7, 11) is 1.49. The van der Waals surface area contributed by atoms with Gasteiger partial charge in [-0.25, -0.2) is 4.98 Å². The SMILES string of the molecule is COc1cc(NC(=O)C(O)c2c(C)n(Cc3ccc(Cl)cc3)c3ccncc23)ccn1. The molecule has 2 N–H and O–H groups in total. The molecule has 4 aromatic rings. The lowest BCUT2D eigenvalue weighted by Crippen LogP contribution is -2.21. The normalized spacial score (nSPS) is 12.0. The topological polar surface area (TPSA) is 89.3 Å². The van der Waals surface area contributed by atoms with E-state index in [1.54, 1.807) is 24.5 Å². The van der Waals surface area contributed by atoms with E-state index in [2.05, 4.69) is 19.9 Å². The summed E-state index contributed by atoms with van der Waals surface area (Å²) in [5.74, 6) is -0.182. The van der Waals surface area contributed by atoms with Gasteiger partial charge in [-0.1, -0.05) is 23.7 Å². The van der Waals surface area contributed by atoms with Crippen LogP contribution in [0.2, 0.25) is 5.02 Å². The van der Waals surface area contributed by atoms with Crippen LogP contribution >= 0.6 is 11.6 Å². The zero-order valence-electron chi connectivity index (χ0n) is 17.0. The Kier molecular flexibility index (Phi) is 5.88. The number of amides is 1. The Balaban J connectivity index is 1.68. The van der Waals surface area contributed by atoms with Gasteiger partial charge in [0, 0.05) is 58.6 Å². The number of benzene rings is 1. The molecule has 1 atom stereocenters. The summed E-state index contributed by atoms with van der Waals surface area (Å²) < 4.78 is 7.14. The van der Waals surface area contributed by atoms with Gasteiger partial charge in [0.1, 0.15) is 0 Å². The summed E-state index contributed by atoms with van der Waals surface area (Å²) in [6, 6.07) is 12.7. The standard InChI is InChI=1S/C23H21ClN4O3/c1-14-21(22(29)23(30)27-17-7-10-26-20(11-17)31-2)18-12-25-9-8-19(18)28(14)13-15-3-5-16(24)6-4-15/h3-12,22,29H,13H2,1-2H3,(H,26,27,30). The first-order valence-corrected chi connectivity index (χ1v) is 10.0. The van der Waals surface area contributed by atoms with Gasteiger partial charge in [0.2, 0.25) is 5.88 Å². The number of nitrogens with zero attached hydrogens (tertiary/aromatic N) is 3. The van der Waals surface area contributed by atoms with Crippen molar-refractivity contribution in [3.63, 3.8) is 0 Å². The van der Waals surface area contributed by atoms with Gasteiger partial charge in [-0.2, -0.15) is 0 Å². The Morgan fingerprint density at radius 2 is 2.00 bits per heavy atom. The molecular weight excluding hydrogens is 416 g/mol. The van der Waals surface area contributed by atoms with Crippen LogP contribution in [0.15, 0.2) is 61.1 Å². The van der Waals surface area contributed by atoms with Gasteiger partial charge in [-0.15, -0.1) is 0 Å². The highest BCUT2D eigenvalue weighted by atomic mass is 35.5. The number of carbonyl (C=O) groups is 1. The molecule has 3 aromatic heterocycles. The summed E-state index contributed by atoms with van der Waals surface area (Å²) in [6.45, 7) is 2.45. The largest absolute Gasteiger partial charge is 0.481 e. The van der Waals surface area contributed by atoms with Gasteiger partial charge in [0.15, 0.2) is 6.10 Å². The molecule has 0 bridgehead atoms. The van der Waals surface area contributed by atoms with Crippen LogP contribution in [0.25, 0.3) is 10.9 Å². The van der Waals surface area contributed by atoms with E-state index in [0.717, 1.165) is 22.2 Å². The fourth-order valence-electron chi connectivity index (χ4n) is 3.61. The second-order valence-corrected chi connectivity index (χ2v) is 7.52. The minimum Gasteiger partial charge on any atom is -0.481 e. The number of hydrogen-bond donors (Lipinski definition) is 2. The number of ether oxygens (including phenoxy) is 1. The number of aliphatic hydroxyl groups excluding tert-OH is 1. The molecule has 7 nitrogen and oxygen atoms in total. The van der Waals surface area contributed by atoms with Crippen molar-refractivity contribution in [3.05, 3.63) is 82.9 Å². The molecule has 4 rings (SSSR count). The lowest BCUT2D eigenvalue weighted by Gasteiger charge is -2.14. The monoisotopic (exact) mass is 436 g/mol. The minimum atomic E-state index is -1.38. The van der Waals surface area contributed by atoms with Crippen LogP contribution in [0.1, 0.15) is 22.9 Å². The number of methoxy groups -OCH3 is 1. The van der Waals surface area contributed by atoms with Crippen molar-refractivity contribution in [1.29, 1.82) is 0 Å². The number of nitrogens with one attached hydrogen (secondary N) is 1. The lowest BCUT2D eigenvalue weighted by atomic mass is 10.1. The fraction of sp³-hybridized carbons (Fsp3) is 0.174. The number of hydrogen-bond acceptors (Lipinski definition) is 5. The zero-order valence-corrected chi connectivity index (χ0v) is 17.8. The maximum Gasteiger partial charge on any atom is 0.257 e. The second kappa shape index (κ2) is 8.75. The van der Waals surface area contributed by atoms with E-state index in [4.69, 9.17) is 16.3 Å². The van der Waals surface area contributed by atoms with Crippen molar-refractivity contribution in [2.75, 3.05) is 12.4 Å². The first-order chi connectivity index (χ1) is 15.0. The Morgan fingerprint density at radius 1 is 1.23 bits per heavy atom. The van der Waals surface area contributed by atoms with E-state index >= 15 is 0 Å². The number of halogens is 1. The summed E-state index contributed by atoms with van der Waals surface area (Å²) in [5, 5.41) is 15.1. The number of fused-ring (bicyclic) bond motifs is 1. The van der Waals surface area contributed by atoms with Crippen molar-refractivity contribution in [1.82, 2.24) is 14.5 Å². The van der Waals surface area contributed by atoms with E-state index in [-0.39, 0.29) is 0 Å². The Morgan fingerprint density at radius 3 is 2.74 bits per heavy atom. The average molecular weight is 437 g/mol. The highest BCUT2D eigenvalue weighted by molar-refractivity contribution is 6.30. The zero-order chi connectivity index (χ0) is 22.0. The van der Waals surface area contributed by atoms with Crippen molar-refractivity contribution in [2.45, 2.75) is 19.6 Å². The van der Waals surface area contributed by atoms with Crippen LogP contribution in [-0.4, -0.2) is 32.7 Å². The van der Waals surface area contributed by atoms with Gasteiger partial charge in [0.05, 0.1) is 12.6 Å². The summed E-state index contributed by atoms with van der Waals surface area (Å²) in [4.78, 5) is 21.1. The Labute approximate surface area is 184 Å². The molecule has 3 heterocycles. The molecule has 0 aliphatic rings. The van der Waals surface area contributed by atoms with E-state index in [1.165, 1.54) is 13.3 Å². The van der Waals surface area contributed by atoms with E-state index in [0.29, 0.717) is 28.7 Å². The second-order valence-electron chi connectivity index (χ2n) is 7.08. The van der Waals surface area contributed by atoms with E-state index in [9.17, 15) is 9.90 Å². The van der Waals surface area contributed by atoms with Crippen LogP contribution in [0, 0.1) is 6.92 Å². The van der Waals surface area contributed by atoms with Gasteiger partial charge in [-0.3, -0.25) is 9.78 Å². The maximum atomic E-state index is 12.8. The molecule has 0 fully saturated rings. The van der Waals surface area contributed by atoms with Crippen molar-refractivity contribution in [3.8, 4) is 5.88 Å². The predicted octanol–water partition coefficient (Wildman–Crippen LogP) is 4.12. The molecule has 0 aliphatic heterocycles. The van der Waals surface area contributed by atoms with Crippen molar-refractivity contribution in [2.24, 2.45) is 0 Å². The molecular formula is C23H21ClN4O3. The summed E-state index contributed by atoms with van der Waals surface area (Å²) >= 11 is 6.00. The molecule has 1 aromatic carbocycles. The molecule has 0 saturated carbocycles. The third-order valence-corrected chi connectivity index (χ3v) is 5.41. The third kappa shape index (κ3) is 4.23. The molecule has 1 amide bonds. The molecule has 0 radical (unpaired) electrons. The molecule has 0 spiro atoms. The van der Waals surface area contributed by atoms with Crippen LogP contribution in [0.5, 0.6) is 5.88 Å². The number of carbonyl (C=O) groups excluding carboxylic acids is 1. The van der Waals surface area contributed by atoms with Gasteiger partial charge >= 0.3 is 0 Å². The number of aliphatic hydroxyl groups is 1. The molecule has 158 valence electrons. The van der Waals surface area contributed by atoms with Gasteiger partial charge in [0.25, 0.3) is 5.91 Å². The summed E-state index contributed by atoms with van der Waals surface area (Å²) in [6.07, 6.45) is 3.51. The quantitative estimate of drug-likeness (QED) is 0.474.